The number of ether oxygens (including phenoxy) is 2. The summed E-state index contributed by atoms with van der Waals surface area (Å²) in [7, 11) is 1.82. The van der Waals surface area contributed by atoms with Crippen molar-refractivity contribution in [3.63, 3.8) is 0 Å². The van der Waals surface area contributed by atoms with Gasteiger partial charge < -0.3 is 15.2 Å². The first kappa shape index (κ1) is 15.2. The summed E-state index contributed by atoms with van der Waals surface area (Å²) in [5, 5.41) is 0. The quantitative estimate of drug-likeness (QED) is 0.827. The monoisotopic (exact) mass is 270 g/mol. The van der Waals surface area contributed by atoms with Crippen LogP contribution in [0.2, 0.25) is 0 Å². The van der Waals surface area contributed by atoms with Gasteiger partial charge >= 0.3 is 0 Å². The van der Waals surface area contributed by atoms with Gasteiger partial charge in [0.25, 0.3) is 0 Å². The lowest BCUT2D eigenvalue weighted by molar-refractivity contribution is -0.0629. The van der Waals surface area contributed by atoms with Crippen LogP contribution >= 0.6 is 0 Å². The maximum Gasteiger partial charge on any atom is 0.0599 e. The molecule has 2 aliphatic rings. The SMILES string of the molecule is CCCC1CC(N2CCC(OC)CC2CN)CCO1. The van der Waals surface area contributed by atoms with Crippen molar-refractivity contribution in [1.82, 2.24) is 4.90 Å². The van der Waals surface area contributed by atoms with Crippen LogP contribution in [0, 0.1) is 0 Å². The van der Waals surface area contributed by atoms with Crippen molar-refractivity contribution in [1.29, 1.82) is 0 Å². The second-order valence-electron chi connectivity index (χ2n) is 5.97. The minimum absolute atomic E-state index is 0.399. The van der Waals surface area contributed by atoms with Crippen LogP contribution < -0.4 is 5.73 Å². The van der Waals surface area contributed by atoms with E-state index < -0.39 is 0 Å². The van der Waals surface area contributed by atoms with Crippen molar-refractivity contribution >= 4 is 0 Å². The number of hydrogen-bond donors (Lipinski definition) is 1. The lowest BCUT2D eigenvalue weighted by Crippen LogP contribution is -2.55. The Morgan fingerprint density at radius 2 is 2.16 bits per heavy atom. The summed E-state index contributed by atoms with van der Waals surface area (Å²) in [4.78, 5) is 2.64. The average Bonchev–Trinajstić information content (AvgIpc) is 2.47. The van der Waals surface area contributed by atoms with E-state index in [1.54, 1.807) is 0 Å². The minimum Gasteiger partial charge on any atom is -0.381 e. The number of methoxy groups -OCH3 is 1. The zero-order chi connectivity index (χ0) is 13.7. The topological polar surface area (TPSA) is 47.7 Å². The van der Waals surface area contributed by atoms with Gasteiger partial charge in [0.1, 0.15) is 0 Å². The number of nitrogens with two attached hydrogens (primary N) is 1. The molecule has 0 aromatic heterocycles. The number of likely N-dealkylation sites (tertiary alicyclic amines) is 1. The summed E-state index contributed by atoms with van der Waals surface area (Å²) >= 11 is 0. The number of piperidine rings is 1. The highest BCUT2D eigenvalue weighted by atomic mass is 16.5. The fraction of sp³-hybridized carbons (Fsp3) is 1.00. The molecule has 0 aromatic rings. The molecule has 4 heteroatoms. The van der Waals surface area contributed by atoms with Gasteiger partial charge in [0.15, 0.2) is 0 Å². The molecule has 0 saturated carbocycles. The van der Waals surface area contributed by atoms with Gasteiger partial charge in [0, 0.05) is 38.9 Å². The van der Waals surface area contributed by atoms with Gasteiger partial charge in [-0.1, -0.05) is 13.3 Å². The van der Waals surface area contributed by atoms with Gasteiger partial charge in [-0.3, -0.25) is 4.90 Å². The van der Waals surface area contributed by atoms with Gasteiger partial charge in [0.05, 0.1) is 12.2 Å². The second kappa shape index (κ2) is 7.58. The van der Waals surface area contributed by atoms with Gasteiger partial charge in [-0.2, -0.15) is 0 Å². The highest BCUT2D eigenvalue weighted by molar-refractivity contribution is 4.89. The molecule has 4 unspecified atom stereocenters. The van der Waals surface area contributed by atoms with E-state index in [0.717, 1.165) is 39.0 Å². The van der Waals surface area contributed by atoms with Crippen molar-refractivity contribution in [3.05, 3.63) is 0 Å². The van der Waals surface area contributed by atoms with Gasteiger partial charge in [0.2, 0.25) is 0 Å². The zero-order valence-corrected chi connectivity index (χ0v) is 12.5. The van der Waals surface area contributed by atoms with E-state index in [0.29, 0.717) is 24.3 Å². The van der Waals surface area contributed by atoms with E-state index in [1.807, 2.05) is 7.11 Å². The van der Waals surface area contributed by atoms with E-state index in [2.05, 4.69) is 11.8 Å². The van der Waals surface area contributed by atoms with Crippen molar-refractivity contribution in [2.75, 3.05) is 26.8 Å². The number of nitrogens with zero attached hydrogens (tertiary/aromatic N) is 1. The van der Waals surface area contributed by atoms with E-state index >= 15 is 0 Å². The van der Waals surface area contributed by atoms with E-state index in [-0.39, 0.29) is 0 Å². The van der Waals surface area contributed by atoms with Crippen molar-refractivity contribution < 1.29 is 9.47 Å². The lowest BCUT2D eigenvalue weighted by Gasteiger charge is -2.45. The Labute approximate surface area is 117 Å². The molecule has 4 nitrogen and oxygen atoms in total. The molecule has 0 radical (unpaired) electrons. The maximum absolute atomic E-state index is 5.98. The Balaban J connectivity index is 1.92. The van der Waals surface area contributed by atoms with Crippen LogP contribution in [0.3, 0.4) is 0 Å². The zero-order valence-electron chi connectivity index (χ0n) is 12.5. The van der Waals surface area contributed by atoms with Crippen LogP contribution in [0.5, 0.6) is 0 Å². The van der Waals surface area contributed by atoms with E-state index in [4.69, 9.17) is 15.2 Å². The molecule has 2 N–H and O–H groups in total. The largest absolute Gasteiger partial charge is 0.381 e. The molecule has 2 saturated heterocycles. The van der Waals surface area contributed by atoms with Crippen LogP contribution in [-0.2, 0) is 9.47 Å². The summed E-state index contributed by atoms with van der Waals surface area (Å²) in [6.07, 6.45) is 7.84. The third kappa shape index (κ3) is 3.91. The summed E-state index contributed by atoms with van der Waals surface area (Å²) in [6, 6.07) is 1.15. The van der Waals surface area contributed by atoms with Crippen molar-refractivity contribution in [2.45, 2.75) is 69.7 Å². The van der Waals surface area contributed by atoms with Crippen LogP contribution in [0.1, 0.15) is 45.4 Å². The standard InChI is InChI=1S/C15H30N2O2/c1-3-4-15-9-12(6-8-19-15)17-7-5-14(18-2)10-13(17)11-16/h12-15H,3-11,16H2,1-2H3. The minimum atomic E-state index is 0.399. The van der Waals surface area contributed by atoms with Gasteiger partial charge in [-0.05, 0) is 32.1 Å². The van der Waals surface area contributed by atoms with Crippen LogP contribution in [0.4, 0.5) is 0 Å². The van der Waals surface area contributed by atoms with E-state index in [9.17, 15) is 0 Å². The third-order valence-electron chi connectivity index (χ3n) is 4.74. The molecule has 0 amide bonds. The smallest absolute Gasteiger partial charge is 0.0599 e. The average molecular weight is 270 g/mol. The molecule has 0 bridgehead atoms. The first-order chi connectivity index (χ1) is 9.28. The molecule has 4 atom stereocenters. The van der Waals surface area contributed by atoms with Crippen molar-refractivity contribution in [2.24, 2.45) is 5.73 Å². The molecule has 112 valence electrons. The molecule has 0 aromatic carbocycles. The number of rotatable bonds is 5. The maximum atomic E-state index is 5.98. The molecule has 2 fully saturated rings. The van der Waals surface area contributed by atoms with E-state index in [1.165, 1.54) is 19.3 Å². The Hall–Kier alpha value is -0.160. The first-order valence-corrected chi connectivity index (χ1v) is 7.88. The Bertz CT molecular complexity index is 261. The molecular formula is C15H30N2O2. The highest BCUT2D eigenvalue weighted by Gasteiger charge is 2.34. The first-order valence-electron chi connectivity index (χ1n) is 7.88. The summed E-state index contributed by atoms with van der Waals surface area (Å²) in [5.74, 6) is 0. The summed E-state index contributed by atoms with van der Waals surface area (Å²) < 4.78 is 11.4. The summed E-state index contributed by atoms with van der Waals surface area (Å²) in [6.45, 7) is 5.02. The fourth-order valence-corrected chi connectivity index (χ4v) is 3.64. The Kier molecular flexibility index (Phi) is 6.07. The lowest BCUT2D eigenvalue weighted by atomic mass is 9.92. The second-order valence-corrected chi connectivity index (χ2v) is 5.97. The molecule has 0 spiro atoms. The summed E-state index contributed by atoms with van der Waals surface area (Å²) in [5.41, 5.74) is 5.98. The number of hydrogen-bond acceptors (Lipinski definition) is 4. The van der Waals surface area contributed by atoms with Gasteiger partial charge in [-0.15, -0.1) is 0 Å². The molecule has 2 heterocycles. The predicted octanol–water partition coefficient (Wildman–Crippen LogP) is 1.77. The molecule has 2 rings (SSSR count). The normalized spacial score (nSPS) is 37.4. The van der Waals surface area contributed by atoms with Crippen molar-refractivity contribution in [3.8, 4) is 0 Å². The molecule has 19 heavy (non-hydrogen) atoms. The fourth-order valence-electron chi connectivity index (χ4n) is 3.64. The van der Waals surface area contributed by atoms with Crippen LogP contribution in [0.25, 0.3) is 0 Å². The Morgan fingerprint density at radius 1 is 1.32 bits per heavy atom. The molecule has 0 aliphatic carbocycles. The van der Waals surface area contributed by atoms with Crippen LogP contribution in [0.15, 0.2) is 0 Å². The highest BCUT2D eigenvalue weighted by Crippen LogP contribution is 2.28. The van der Waals surface area contributed by atoms with Gasteiger partial charge in [-0.25, -0.2) is 0 Å². The Morgan fingerprint density at radius 3 is 2.84 bits per heavy atom. The molecular weight excluding hydrogens is 240 g/mol. The predicted molar refractivity (Wildman–Crippen MR) is 77.2 cm³/mol. The van der Waals surface area contributed by atoms with Crippen LogP contribution in [-0.4, -0.2) is 56.0 Å². The third-order valence-corrected chi connectivity index (χ3v) is 4.74. The molecule has 2 aliphatic heterocycles.